The monoisotopic (exact) mass is 594 g/mol. The zero-order valence-corrected chi connectivity index (χ0v) is 24.7. The molecule has 0 saturated heterocycles. The average Bonchev–Trinajstić information content (AvgIpc) is 3.47. The standard InChI is InChI=1S/C29H34N6O4S2/c1-17(2)24-28-33-21(15-41-28)25(37)30-11-6-12-35(29(39)19-9-10-19)14-23(36)31-20(13-18-7-4-3-5-8-18)27-32-22(16-40-27)26(38)34-24/h3-5,7-8,15-17,19-20,24H,6,9-14H2,1-2H3,(H,30,37)(H,31,36)(H,34,38)/t20-,24-/m0/s1. The first-order valence-corrected chi connectivity index (χ1v) is 15.7. The van der Waals surface area contributed by atoms with E-state index in [0.29, 0.717) is 35.9 Å². The number of nitrogens with one attached hydrogen (secondary N) is 3. The van der Waals surface area contributed by atoms with Gasteiger partial charge in [-0.25, -0.2) is 9.97 Å². The Morgan fingerprint density at radius 3 is 2.37 bits per heavy atom. The van der Waals surface area contributed by atoms with Crippen molar-refractivity contribution in [2.75, 3.05) is 19.6 Å². The van der Waals surface area contributed by atoms with E-state index in [0.717, 1.165) is 18.4 Å². The molecule has 4 bridgehead atoms. The van der Waals surface area contributed by atoms with Crippen LogP contribution in [0, 0.1) is 11.8 Å². The van der Waals surface area contributed by atoms with E-state index in [9.17, 15) is 19.2 Å². The van der Waals surface area contributed by atoms with Crippen LogP contribution in [0.15, 0.2) is 41.1 Å². The third kappa shape index (κ3) is 7.36. The van der Waals surface area contributed by atoms with Gasteiger partial charge in [0.05, 0.1) is 18.6 Å². The highest BCUT2D eigenvalue weighted by molar-refractivity contribution is 7.10. The quantitative estimate of drug-likeness (QED) is 0.424. The van der Waals surface area contributed by atoms with Crippen LogP contribution in [-0.4, -0.2) is 58.1 Å². The van der Waals surface area contributed by atoms with Crippen molar-refractivity contribution in [3.63, 3.8) is 0 Å². The lowest BCUT2D eigenvalue weighted by atomic mass is 10.0. The van der Waals surface area contributed by atoms with E-state index in [2.05, 4.69) is 25.9 Å². The highest BCUT2D eigenvalue weighted by atomic mass is 32.1. The number of benzene rings is 1. The molecule has 1 fully saturated rings. The molecule has 0 unspecified atom stereocenters. The number of carbonyl (C=O) groups is 4. The molecule has 3 heterocycles. The summed E-state index contributed by atoms with van der Waals surface area (Å²) in [6.07, 6.45) is 2.65. The smallest absolute Gasteiger partial charge is 0.271 e. The minimum absolute atomic E-state index is 0.0216. The molecule has 2 atom stereocenters. The van der Waals surface area contributed by atoms with Crippen LogP contribution < -0.4 is 16.0 Å². The molecule has 3 aromatic rings. The highest BCUT2D eigenvalue weighted by Gasteiger charge is 2.34. The van der Waals surface area contributed by atoms with Crippen LogP contribution in [-0.2, 0) is 16.0 Å². The first kappa shape index (κ1) is 28.9. The Morgan fingerprint density at radius 1 is 0.976 bits per heavy atom. The van der Waals surface area contributed by atoms with Crippen LogP contribution in [0.3, 0.4) is 0 Å². The number of hydrogen-bond acceptors (Lipinski definition) is 8. The maximum Gasteiger partial charge on any atom is 0.271 e. The van der Waals surface area contributed by atoms with Gasteiger partial charge >= 0.3 is 0 Å². The van der Waals surface area contributed by atoms with Crippen molar-refractivity contribution in [2.45, 2.75) is 51.6 Å². The molecule has 12 heteroatoms. The Morgan fingerprint density at radius 2 is 1.66 bits per heavy atom. The largest absolute Gasteiger partial charge is 0.351 e. The topological polar surface area (TPSA) is 133 Å². The van der Waals surface area contributed by atoms with Gasteiger partial charge < -0.3 is 20.9 Å². The SMILES string of the molecule is CC(C)[C@@H]1NC(=O)c2csc(n2)[C@H](Cc2ccccc2)NC(=O)CN(C(=O)C2CC2)CCCNC(=O)c2csc1n2. The number of carbonyl (C=O) groups excluding carboxylic acids is 4. The summed E-state index contributed by atoms with van der Waals surface area (Å²) < 4.78 is 0. The van der Waals surface area contributed by atoms with E-state index in [1.165, 1.54) is 22.7 Å². The summed E-state index contributed by atoms with van der Waals surface area (Å²) in [5.74, 6) is -1.01. The number of hydrogen-bond donors (Lipinski definition) is 3. The Labute approximate surface area is 247 Å². The normalized spacial score (nSPS) is 20.9. The van der Waals surface area contributed by atoms with Crippen LogP contribution in [0.2, 0.25) is 0 Å². The van der Waals surface area contributed by atoms with Gasteiger partial charge in [-0.1, -0.05) is 44.2 Å². The molecule has 1 aliphatic carbocycles. The van der Waals surface area contributed by atoms with Crippen LogP contribution >= 0.6 is 22.7 Å². The van der Waals surface area contributed by atoms with Crippen molar-refractivity contribution >= 4 is 46.3 Å². The molecular formula is C29H34N6O4S2. The van der Waals surface area contributed by atoms with E-state index >= 15 is 0 Å². The molecule has 2 aliphatic rings. The van der Waals surface area contributed by atoms with E-state index in [1.807, 2.05) is 44.2 Å². The summed E-state index contributed by atoms with van der Waals surface area (Å²) in [6, 6.07) is 8.89. The second-order valence-electron chi connectivity index (χ2n) is 10.8. The second kappa shape index (κ2) is 12.9. The second-order valence-corrected chi connectivity index (χ2v) is 12.6. The van der Waals surface area contributed by atoms with Crippen molar-refractivity contribution in [2.24, 2.45) is 11.8 Å². The van der Waals surface area contributed by atoms with Crippen LogP contribution in [0.1, 0.15) is 81.7 Å². The molecule has 10 nitrogen and oxygen atoms in total. The van der Waals surface area contributed by atoms with Crippen molar-refractivity contribution in [1.82, 2.24) is 30.8 Å². The number of nitrogens with zero attached hydrogens (tertiary/aromatic N) is 3. The van der Waals surface area contributed by atoms with Gasteiger partial charge in [0, 0.05) is 29.8 Å². The average molecular weight is 595 g/mol. The number of rotatable bonds is 4. The van der Waals surface area contributed by atoms with Crippen LogP contribution in [0.5, 0.6) is 0 Å². The Bertz CT molecular complexity index is 1400. The summed E-state index contributed by atoms with van der Waals surface area (Å²) in [6.45, 7) is 4.56. The molecule has 0 spiro atoms. The van der Waals surface area contributed by atoms with Gasteiger partial charge in [0.1, 0.15) is 21.4 Å². The molecule has 41 heavy (non-hydrogen) atoms. The Hall–Kier alpha value is -3.64. The van der Waals surface area contributed by atoms with Crippen molar-refractivity contribution in [1.29, 1.82) is 0 Å². The zero-order chi connectivity index (χ0) is 28.9. The number of aromatic nitrogens is 2. The first-order valence-electron chi connectivity index (χ1n) is 13.9. The number of fused-ring (bicyclic) bond motifs is 4. The van der Waals surface area contributed by atoms with Gasteiger partial charge in [-0.3, -0.25) is 19.2 Å². The highest BCUT2D eigenvalue weighted by Crippen LogP contribution is 2.31. The van der Waals surface area contributed by atoms with E-state index in [4.69, 9.17) is 0 Å². The zero-order valence-electron chi connectivity index (χ0n) is 23.1. The molecule has 216 valence electrons. The maximum absolute atomic E-state index is 13.3. The lowest BCUT2D eigenvalue weighted by Gasteiger charge is -2.24. The van der Waals surface area contributed by atoms with E-state index in [-0.39, 0.29) is 53.4 Å². The molecule has 5 rings (SSSR count). The minimum atomic E-state index is -0.474. The van der Waals surface area contributed by atoms with Crippen LogP contribution in [0.25, 0.3) is 0 Å². The van der Waals surface area contributed by atoms with Gasteiger partial charge in [0.25, 0.3) is 11.8 Å². The fourth-order valence-electron chi connectivity index (χ4n) is 4.70. The maximum atomic E-state index is 13.3. The van der Waals surface area contributed by atoms with Crippen LogP contribution in [0.4, 0.5) is 0 Å². The summed E-state index contributed by atoms with van der Waals surface area (Å²) in [5, 5.41) is 13.6. The summed E-state index contributed by atoms with van der Waals surface area (Å²) in [5.41, 5.74) is 1.55. The lowest BCUT2D eigenvalue weighted by Crippen LogP contribution is -2.44. The van der Waals surface area contributed by atoms with Gasteiger partial charge in [-0.05, 0) is 37.2 Å². The Kier molecular flexibility index (Phi) is 9.09. The van der Waals surface area contributed by atoms with Gasteiger partial charge in [-0.15, -0.1) is 22.7 Å². The molecular weight excluding hydrogens is 560 g/mol. The fraction of sp³-hybridized carbons (Fsp3) is 0.448. The molecule has 0 radical (unpaired) electrons. The fourth-order valence-corrected chi connectivity index (χ4v) is 6.57. The third-order valence-corrected chi connectivity index (χ3v) is 8.99. The lowest BCUT2D eigenvalue weighted by molar-refractivity contribution is -0.137. The van der Waals surface area contributed by atoms with E-state index < -0.39 is 12.1 Å². The van der Waals surface area contributed by atoms with Gasteiger partial charge in [-0.2, -0.15) is 0 Å². The Balaban J connectivity index is 1.44. The molecule has 3 N–H and O–H groups in total. The summed E-state index contributed by atoms with van der Waals surface area (Å²) >= 11 is 2.64. The number of thiazole rings is 2. The van der Waals surface area contributed by atoms with Crippen molar-refractivity contribution in [3.8, 4) is 0 Å². The predicted molar refractivity (Wildman–Crippen MR) is 157 cm³/mol. The van der Waals surface area contributed by atoms with Crippen molar-refractivity contribution in [3.05, 3.63) is 68.1 Å². The molecule has 2 aromatic heterocycles. The summed E-state index contributed by atoms with van der Waals surface area (Å²) in [7, 11) is 0. The van der Waals surface area contributed by atoms with Gasteiger partial charge in [0.2, 0.25) is 11.8 Å². The molecule has 1 aromatic carbocycles. The molecule has 1 saturated carbocycles. The summed E-state index contributed by atoms with van der Waals surface area (Å²) in [4.78, 5) is 63.1. The molecule has 1 aliphatic heterocycles. The number of amides is 4. The minimum Gasteiger partial charge on any atom is -0.351 e. The third-order valence-electron chi connectivity index (χ3n) is 7.11. The first-order chi connectivity index (χ1) is 19.8. The van der Waals surface area contributed by atoms with E-state index in [1.54, 1.807) is 15.7 Å². The molecule has 4 amide bonds. The van der Waals surface area contributed by atoms with Crippen molar-refractivity contribution < 1.29 is 19.2 Å². The predicted octanol–water partition coefficient (Wildman–Crippen LogP) is 3.50. The van der Waals surface area contributed by atoms with Gasteiger partial charge in [0.15, 0.2) is 0 Å².